The largest absolute Gasteiger partial charge is 0.457 e. The van der Waals surface area contributed by atoms with Gasteiger partial charge in [0.25, 0.3) is 11.6 Å². The van der Waals surface area contributed by atoms with E-state index in [1.54, 1.807) is 48.5 Å². The molecule has 8 nitrogen and oxygen atoms in total. The molecule has 178 valence electrons. The Kier molecular flexibility index (Phi) is 6.55. The van der Waals surface area contributed by atoms with Gasteiger partial charge in [0.2, 0.25) is 0 Å². The number of benzene rings is 2. The summed E-state index contributed by atoms with van der Waals surface area (Å²) in [5, 5.41) is 12.6. The molecular formula is C24H18Cl2N4O4S. The second kappa shape index (κ2) is 9.77. The molecular weight excluding hydrogens is 511 g/mol. The van der Waals surface area contributed by atoms with E-state index in [2.05, 4.69) is 14.8 Å². The van der Waals surface area contributed by atoms with E-state index in [-0.39, 0.29) is 11.6 Å². The lowest BCUT2D eigenvalue weighted by Gasteiger charge is -2.36. The van der Waals surface area contributed by atoms with Gasteiger partial charge in [0.05, 0.1) is 14.9 Å². The Bertz CT molecular complexity index is 1360. The van der Waals surface area contributed by atoms with Crippen LogP contribution in [0.2, 0.25) is 10.0 Å². The van der Waals surface area contributed by atoms with Crippen molar-refractivity contribution in [3.05, 3.63) is 85.4 Å². The number of carbonyl (C=O) groups excluding carboxylic acids is 1. The van der Waals surface area contributed by atoms with Crippen molar-refractivity contribution in [3.8, 4) is 11.3 Å². The van der Waals surface area contributed by atoms with Crippen LogP contribution in [0.25, 0.3) is 17.4 Å². The van der Waals surface area contributed by atoms with Gasteiger partial charge in [-0.3, -0.25) is 14.9 Å². The number of piperazine rings is 1. The van der Waals surface area contributed by atoms with Crippen molar-refractivity contribution >= 4 is 63.5 Å². The maximum Gasteiger partial charge on any atom is 0.286 e. The molecule has 5 rings (SSSR count). The number of non-ortho nitro benzene ring substituents is 1. The summed E-state index contributed by atoms with van der Waals surface area (Å²) in [6.45, 7) is 2.79. The summed E-state index contributed by atoms with van der Waals surface area (Å²) in [5.41, 5.74) is 1.68. The van der Waals surface area contributed by atoms with Crippen molar-refractivity contribution in [1.82, 2.24) is 4.90 Å². The molecule has 1 amide bonds. The van der Waals surface area contributed by atoms with Gasteiger partial charge in [-0.15, -0.1) is 0 Å². The minimum Gasteiger partial charge on any atom is -0.457 e. The third-order valence-electron chi connectivity index (χ3n) is 5.68. The number of amides is 1. The summed E-state index contributed by atoms with van der Waals surface area (Å²) in [6, 6.07) is 15.2. The summed E-state index contributed by atoms with van der Waals surface area (Å²) in [6.07, 6.45) is 1.68. The summed E-state index contributed by atoms with van der Waals surface area (Å²) >= 11 is 13.7. The second-order valence-corrected chi connectivity index (χ2v) is 9.74. The zero-order valence-corrected chi connectivity index (χ0v) is 20.5. The average Bonchev–Trinajstić information content (AvgIpc) is 3.47. The Morgan fingerprint density at radius 2 is 1.71 bits per heavy atom. The number of furan rings is 1. The zero-order chi connectivity index (χ0) is 24.5. The van der Waals surface area contributed by atoms with Gasteiger partial charge in [0, 0.05) is 60.7 Å². The van der Waals surface area contributed by atoms with Crippen molar-refractivity contribution in [2.24, 2.45) is 4.99 Å². The number of amidine groups is 1. The fourth-order valence-electron chi connectivity index (χ4n) is 3.87. The smallest absolute Gasteiger partial charge is 0.286 e. The molecule has 35 heavy (non-hydrogen) atoms. The van der Waals surface area contributed by atoms with E-state index in [1.165, 1.54) is 23.9 Å². The third-order valence-corrected chi connectivity index (χ3v) is 7.29. The van der Waals surface area contributed by atoms with Crippen LogP contribution in [0, 0.1) is 10.1 Å². The predicted octanol–water partition coefficient (Wildman–Crippen LogP) is 5.95. The number of rotatable bonds is 4. The van der Waals surface area contributed by atoms with Gasteiger partial charge in [-0.05, 0) is 54.2 Å². The molecule has 11 heteroatoms. The molecule has 2 aliphatic heterocycles. The molecule has 0 unspecified atom stereocenters. The molecule has 0 atom stereocenters. The minimum atomic E-state index is -0.407. The van der Waals surface area contributed by atoms with Gasteiger partial charge in [-0.2, -0.15) is 4.99 Å². The van der Waals surface area contributed by atoms with Crippen molar-refractivity contribution < 1.29 is 14.1 Å². The van der Waals surface area contributed by atoms with Crippen LogP contribution in [0.1, 0.15) is 5.76 Å². The van der Waals surface area contributed by atoms with Crippen molar-refractivity contribution in [2.45, 2.75) is 0 Å². The Labute approximate surface area is 215 Å². The summed E-state index contributed by atoms with van der Waals surface area (Å²) in [7, 11) is 0. The van der Waals surface area contributed by atoms with Crippen LogP contribution in [-0.4, -0.2) is 47.1 Å². The number of halogens is 2. The van der Waals surface area contributed by atoms with Crippen LogP contribution in [0.4, 0.5) is 11.4 Å². The highest BCUT2D eigenvalue weighted by molar-refractivity contribution is 8.18. The summed E-state index contributed by atoms with van der Waals surface area (Å²) < 4.78 is 5.88. The van der Waals surface area contributed by atoms with E-state index >= 15 is 0 Å². The normalized spacial score (nSPS) is 17.3. The van der Waals surface area contributed by atoms with Gasteiger partial charge in [-0.1, -0.05) is 23.2 Å². The molecule has 1 fully saturated rings. The molecule has 3 heterocycles. The number of anilines is 1. The number of hydrogen-bond acceptors (Lipinski definition) is 7. The quantitative estimate of drug-likeness (QED) is 0.234. The zero-order valence-electron chi connectivity index (χ0n) is 18.2. The molecule has 0 spiro atoms. The molecule has 1 aromatic heterocycles. The maximum absolute atomic E-state index is 12.5. The Hall–Kier alpha value is -3.27. The highest BCUT2D eigenvalue weighted by Crippen LogP contribution is 2.35. The number of nitrogens with zero attached hydrogens (tertiary/aromatic N) is 4. The molecule has 0 saturated carbocycles. The molecule has 1 saturated heterocycles. The standard InChI is InChI=1S/C24H18Cl2N4O4S/c25-15-1-7-20(26)19(13-15)21-8-6-18(34-21)14-22-23(31)27-24(35-22)29-11-9-28(10-12-29)16-2-4-17(5-3-16)30(32)33/h1-8,13-14H,9-12H2/b22-14-. The summed E-state index contributed by atoms with van der Waals surface area (Å²) in [4.78, 5) is 31.9. The molecule has 0 bridgehead atoms. The topological polar surface area (TPSA) is 92.2 Å². The highest BCUT2D eigenvalue weighted by atomic mass is 35.5. The first-order valence-electron chi connectivity index (χ1n) is 10.7. The highest BCUT2D eigenvalue weighted by Gasteiger charge is 2.29. The maximum atomic E-state index is 12.5. The monoisotopic (exact) mass is 528 g/mol. The fraction of sp³-hybridized carbons (Fsp3) is 0.167. The number of thioether (sulfide) groups is 1. The lowest BCUT2D eigenvalue weighted by molar-refractivity contribution is -0.384. The van der Waals surface area contributed by atoms with Crippen molar-refractivity contribution in [1.29, 1.82) is 0 Å². The van der Waals surface area contributed by atoms with E-state index in [9.17, 15) is 14.9 Å². The van der Waals surface area contributed by atoms with Crippen LogP contribution < -0.4 is 4.90 Å². The van der Waals surface area contributed by atoms with E-state index < -0.39 is 4.92 Å². The number of nitro groups is 1. The molecule has 2 aromatic carbocycles. The number of aliphatic imine (C=N–C) groups is 1. The number of carbonyl (C=O) groups is 1. The Morgan fingerprint density at radius 1 is 1.00 bits per heavy atom. The van der Waals surface area contributed by atoms with Gasteiger partial charge >= 0.3 is 0 Å². The van der Waals surface area contributed by atoms with Gasteiger partial charge in [0.15, 0.2) is 5.17 Å². The average molecular weight is 529 g/mol. The van der Waals surface area contributed by atoms with Gasteiger partial charge in [0.1, 0.15) is 11.5 Å². The lowest BCUT2D eigenvalue weighted by atomic mass is 10.2. The van der Waals surface area contributed by atoms with E-state index in [0.717, 1.165) is 5.69 Å². The molecule has 3 aromatic rings. The summed E-state index contributed by atoms with van der Waals surface area (Å²) in [5.74, 6) is 0.774. The minimum absolute atomic E-state index is 0.0706. The Morgan fingerprint density at radius 3 is 2.43 bits per heavy atom. The molecule has 0 radical (unpaired) electrons. The number of hydrogen-bond donors (Lipinski definition) is 0. The first kappa shape index (κ1) is 23.5. The van der Waals surface area contributed by atoms with E-state index in [0.29, 0.717) is 63.4 Å². The van der Waals surface area contributed by atoms with Gasteiger partial charge < -0.3 is 14.2 Å². The fourth-order valence-corrected chi connectivity index (χ4v) is 5.19. The Balaban J connectivity index is 1.22. The lowest BCUT2D eigenvalue weighted by Crippen LogP contribution is -2.47. The van der Waals surface area contributed by atoms with Crippen LogP contribution in [0.5, 0.6) is 0 Å². The van der Waals surface area contributed by atoms with Crippen LogP contribution in [0.3, 0.4) is 0 Å². The van der Waals surface area contributed by atoms with Gasteiger partial charge in [-0.25, -0.2) is 0 Å². The van der Waals surface area contributed by atoms with Crippen molar-refractivity contribution in [3.63, 3.8) is 0 Å². The molecule has 0 N–H and O–H groups in total. The van der Waals surface area contributed by atoms with Crippen LogP contribution >= 0.6 is 35.0 Å². The predicted molar refractivity (Wildman–Crippen MR) is 139 cm³/mol. The third kappa shape index (κ3) is 5.07. The first-order chi connectivity index (χ1) is 16.9. The SMILES string of the molecule is O=C1N=C(N2CCN(c3ccc([N+](=O)[O-])cc3)CC2)S/C1=C\c1ccc(-c2cc(Cl)ccc2Cl)o1. The van der Waals surface area contributed by atoms with E-state index in [1.807, 2.05) is 0 Å². The first-order valence-corrected chi connectivity index (χ1v) is 12.3. The molecule has 0 aliphatic carbocycles. The van der Waals surface area contributed by atoms with Crippen LogP contribution in [-0.2, 0) is 4.79 Å². The van der Waals surface area contributed by atoms with E-state index in [4.69, 9.17) is 27.6 Å². The number of nitro benzene ring substituents is 1. The second-order valence-electron chi connectivity index (χ2n) is 7.88. The molecule has 2 aliphatic rings. The van der Waals surface area contributed by atoms with Crippen molar-refractivity contribution in [2.75, 3.05) is 31.1 Å². The van der Waals surface area contributed by atoms with Crippen LogP contribution in [0.15, 0.2) is 68.9 Å².